The van der Waals surface area contributed by atoms with E-state index in [0.29, 0.717) is 6.54 Å². The van der Waals surface area contributed by atoms with E-state index < -0.39 is 0 Å². The van der Waals surface area contributed by atoms with Gasteiger partial charge >= 0.3 is 0 Å². The van der Waals surface area contributed by atoms with Crippen molar-refractivity contribution in [3.8, 4) is 0 Å². The van der Waals surface area contributed by atoms with Gasteiger partial charge in [0.1, 0.15) is 11.9 Å². The lowest BCUT2D eigenvalue weighted by molar-refractivity contribution is -0.126. The highest BCUT2D eigenvalue weighted by molar-refractivity contribution is 5.83. The number of likely N-dealkylation sites (N-methyl/N-ethyl adjacent to an activating group) is 1. The van der Waals surface area contributed by atoms with Crippen LogP contribution in [0.4, 0.5) is 0 Å². The number of aryl methyl sites for hydroxylation is 1. The zero-order valence-electron chi connectivity index (χ0n) is 14.9. The molecule has 25 heavy (non-hydrogen) atoms. The molecule has 5 nitrogen and oxygen atoms in total. The van der Waals surface area contributed by atoms with Gasteiger partial charge in [-0.3, -0.25) is 9.69 Å². The number of para-hydroxylation sites is 2. The van der Waals surface area contributed by atoms with Crippen LogP contribution in [-0.2, 0) is 18.4 Å². The molecule has 0 fully saturated rings. The summed E-state index contributed by atoms with van der Waals surface area (Å²) < 4.78 is 2.02. The first-order chi connectivity index (χ1) is 12.1. The molecule has 5 heteroatoms. The minimum Gasteiger partial charge on any atom is -0.347 e. The zero-order valence-corrected chi connectivity index (χ0v) is 14.9. The first-order valence-electron chi connectivity index (χ1n) is 8.55. The Kier molecular flexibility index (Phi) is 5.14. The number of fused-ring (bicyclic) bond motifs is 1. The topological polar surface area (TPSA) is 50.2 Å². The average Bonchev–Trinajstić information content (AvgIpc) is 2.97. The molecule has 0 aliphatic rings. The van der Waals surface area contributed by atoms with Gasteiger partial charge in [-0.1, -0.05) is 49.4 Å². The summed E-state index contributed by atoms with van der Waals surface area (Å²) in [7, 11) is 3.94. The van der Waals surface area contributed by atoms with Crippen LogP contribution in [0.5, 0.6) is 0 Å². The Morgan fingerprint density at radius 2 is 1.84 bits per heavy atom. The second-order valence-corrected chi connectivity index (χ2v) is 6.18. The third-order valence-electron chi connectivity index (χ3n) is 4.60. The lowest BCUT2D eigenvalue weighted by Gasteiger charge is -2.26. The molecule has 0 unspecified atom stereocenters. The van der Waals surface area contributed by atoms with E-state index in [-0.39, 0.29) is 11.9 Å². The van der Waals surface area contributed by atoms with Gasteiger partial charge in [-0.2, -0.15) is 0 Å². The fraction of sp³-hybridized carbons (Fsp3) is 0.300. The zero-order chi connectivity index (χ0) is 17.8. The summed E-state index contributed by atoms with van der Waals surface area (Å²) in [6.07, 6.45) is 0. The van der Waals surface area contributed by atoms with Crippen LogP contribution in [0, 0.1) is 0 Å². The van der Waals surface area contributed by atoms with Crippen molar-refractivity contribution in [3.05, 3.63) is 66.0 Å². The number of imidazole rings is 1. The van der Waals surface area contributed by atoms with Crippen molar-refractivity contribution >= 4 is 16.9 Å². The van der Waals surface area contributed by atoms with Crippen molar-refractivity contribution in [2.24, 2.45) is 7.05 Å². The van der Waals surface area contributed by atoms with Crippen molar-refractivity contribution in [2.45, 2.75) is 19.5 Å². The molecule has 0 saturated carbocycles. The third kappa shape index (κ3) is 3.56. The van der Waals surface area contributed by atoms with Gasteiger partial charge < -0.3 is 9.88 Å². The van der Waals surface area contributed by atoms with Crippen LogP contribution in [0.3, 0.4) is 0 Å². The molecule has 0 aliphatic carbocycles. The second kappa shape index (κ2) is 7.49. The van der Waals surface area contributed by atoms with Crippen molar-refractivity contribution < 1.29 is 4.79 Å². The van der Waals surface area contributed by atoms with Crippen LogP contribution < -0.4 is 5.32 Å². The van der Waals surface area contributed by atoms with E-state index in [2.05, 4.69) is 17.2 Å². The molecule has 1 atom stereocenters. The van der Waals surface area contributed by atoms with E-state index >= 15 is 0 Å². The largest absolute Gasteiger partial charge is 0.347 e. The molecule has 0 aliphatic heterocycles. The number of hydrogen-bond acceptors (Lipinski definition) is 3. The number of carbonyl (C=O) groups is 1. The van der Waals surface area contributed by atoms with Gasteiger partial charge in [-0.05, 0) is 31.3 Å². The second-order valence-electron chi connectivity index (χ2n) is 6.18. The third-order valence-corrected chi connectivity index (χ3v) is 4.60. The smallest absolute Gasteiger partial charge is 0.242 e. The Labute approximate surface area is 148 Å². The molecule has 0 bridgehead atoms. The number of rotatable bonds is 6. The molecule has 2 aromatic carbocycles. The molecule has 0 spiro atoms. The fourth-order valence-electron chi connectivity index (χ4n) is 3.04. The normalized spacial score (nSPS) is 12.5. The maximum Gasteiger partial charge on any atom is 0.242 e. The maximum atomic E-state index is 12.9. The molecular weight excluding hydrogens is 312 g/mol. The van der Waals surface area contributed by atoms with Crippen molar-refractivity contribution in [2.75, 3.05) is 13.6 Å². The van der Waals surface area contributed by atoms with Gasteiger partial charge in [0.25, 0.3) is 0 Å². The van der Waals surface area contributed by atoms with Crippen LogP contribution in [-0.4, -0.2) is 34.0 Å². The Morgan fingerprint density at radius 1 is 1.16 bits per heavy atom. The number of nitrogens with one attached hydrogen (secondary N) is 1. The van der Waals surface area contributed by atoms with Crippen LogP contribution in [0.1, 0.15) is 24.4 Å². The molecule has 1 N–H and O–H groups in total. The highest BCUT2D eigenvalue weighted by Gasteiger charge is 2.24. The molecule has 1 heterocycles. The predicted molar refractivity (Wildman–Crippen MR) is 100 cm³/mol. The first-order valence-corrected chi connectivity index (χ1v) is 8.55. The summed E-state index contributed by atoms with van der Waals surface area (Å²) in [6.45, 7) is 3.25. The number of benzene rings is 2. The number of amides is 1. The molecule has 0 saturated heterocycles. The SMILES string of the molecule is CCN(C)[C@H](C(=O)NCc1nc2ccccc2n1C)c1ccccc1. The average molecular weight is 336 g/mol. The van der Waals surface area contributed by atoms with E-state index in [1.807, 2.05) is 78.2 Å². The van der Waals surface area contributed by atoms with Gasteiger partial charge in [0.2, 0.25) is 5.91 Å². The molecule has 1 aromatic heterocycles. The number of carbonyl (C=O) groups excluding carboxylic acids is 1. The van der Waals surface area contributed by atoms with E-state index in [0.717, 1.165) is 29.0 Å². The van der Waals surface area contributed by atoms with E-state index in [4.69, 9.17) is 0 Å². The number of aromatic nitrogens is 2. The van der Waals surface area contributed by atoms with Crippen molar-refractivity contribution in [3.63, 3.8) is 0 Å². The van der Waals surface area contributed by atoms with Crippen molar-refractivity contribution in [1.29, 1.82) is 0 Å². The number of nitrogens with zero attached hydrogens (tertiary/aromatic N) is 3. The quantitative estimate of drug-likeness (QED) is 0.753. The Bertz CT molecular complexity index is 857. The monoisotopic (exact) mass is 336 g/mol. The summed E-state index contributed by atoms with van der Waals surface area (Å²) in [5, 5.41) is 3.05. The van der Waals surface area contributed by atoms with Gasteiger partial charge in [0, 0.05) is 7.05 Å². The Morgan fingerprint density at radius 3 is 2.52 bits per heavy atom. The highest BCUT2D eigenvalue weighted by atomic mass is 16.2. The Hall–Kier alpha value is -2.66. The molecule has 3 aromatic rings. The van der Waals surface area contributed by atoms with Crippen LogP contribution >= 0.6 is 0 Å². The summed E-state index contributed by atoms with van der Waals surface area (Å²) in [6, 6.07) is 17.5. The standard InChI is InChI=1S/C20H24N4O/c1-4-23(2)19(15-10-6-5-7-11-15)20(25)21-14-18-22-16-12-8-9-13-17(16)24(18)3/h5-13,19H,4,14H2,1-3H3,(H,21,25)/t19-/m0/s1. The molecule has 1 amide bonds. The van der Waals surface area contributed by atoms with E-state index in [1.54, 1.807) is 0 Å². The van der Waals surface area contributed by atoms with Gasteiger partial charge in [-0.15, -0.1) is 0 Å². The van der Waals surface area contributed by atoms with Crippen LogP contribution in [0.15, 0.2) is 54.6 Å². The lowest BCUT2D eigenvalue weighted by atomic mass is 10.0. The lowest BCUT2D eigenvalue weighted by Crippen LogP contribution is -2.38. The molecular formula is C20H24N4O. The highest BCUT2D eigenvalue weighted by Crippen LogP contribution is 2.20. The van der Waals surface area contributed by atoms with Crippen LogP contribution in [0.2, 0.25) is 0 Å². The van der Waals surface area contributed by atoms with Crippen molar-refractivity contribution in [1.82, 2.24) is 19.8 Å². The molecule has 3 rings (SSSR count). The maximum absolute atomic E-state index is 12.9. The fourth-order valence-corrected chi connectivity index (χ4v) is 3.04. The van der Waals surface area contributed by atoms with Gasteiger partial charge in [0.15, 0.2) is 0 Å². The Balaban J connectivity index is 1.78. The minimum atomic E-state index is -0.305. The summed E-state index contributed by atoms with van der Waals surface area (Å²) in [4.78, 5) is 19.5. The van der Waals surface area contributed by atoms with Gasteiger partial charge in [-0.25, -0.2) is 4.98 Å². The molecule has 130 valence electrons. The minimum absolute atomic E-state index is 0.0115. The summed E-state index contributed by atoms with van der Waals surface area (Å²) >= 11 is 0. The number of hydrogen-bond donors (Lipinski definition) is 1. The van der Waals surface area contributed by atoms with Gasteiger partial charge in [0.05, 0.1) is 17.6 Å². The van der Waals surface area contributed by atoms with E-state index in [9.17, 15) is 4.79 Å². The van der Waals surface area contributed by atoms with E-state index in [1.165, 1.54) is 0 Å². The summed E-state index contributed by atoms with van der Waals surface area (Å²) in [5.74, 6) is 0.836. The predicted octanol–water partition coefficient (Wildman–Crippen LogP) is 2.88. The van der Waals surface area contributed by atoms with Crippen LogP contribution in [0.25, 0.3) is 11.0 Å². The summed E-state index contributed by atoms with van der Waals surface area (Å²) in [5.41, 5.74) is 3.01. The molecule has 0 radical (unpaired) electrons. The first kappa shape index (κ1) is 17.2.